The van der Waals surface area contributed by atoms with Crippen molar-refractivity contribution in [2.75, 3.05) is 5.32 Å². The monoisotopic (exact) mass is 402 g/mol. The van der Waals surface area contributed by atoms with Crippen LogP contribution in [-0.2, 0) is 6.54 Å². The maximum Gasteiger partial charge on any atom is 0.272 e. The smallest absolute Gasteiger partial charge is 0.272 e. The van der Waals surface area contributed by atoms with E-state index >= 15 is 0 Å². The molecular weight excluding hydrogens is 391 g/mol. The van der Waals surface area contributed by atoms with Gasteiger partial charge in [-0.05, 0) is 69.5 Å². The van der Waals surface area contributed by atoms with Gasteiger partial charge in [-0.1, -0.05) is 0 Å². The van der Waals surface area contributed by atoms with Crippen LogP contribution in [0.15, 0.2) is 33.3 Å². The molecule has 0 saturated heterocycles. The van der Waals surface area contributed by atoms with Crippen LogP contribution in [0.1, 0.15) is 23.0 Å². The molecule has 0 atom stereocenters. The average molecular weight is 404 g/mol. The average Bonchev–Trinajstić information content (AvgIpc) is 2.77. The lowest BCUT2D eigenvalue weighted by Gasteiger charge is -2.11. The Morgan fingerprint density at radius 3 is 2.70 bits per heavy atom. The van der Waals surface area contributed by atoms with Gasteiger partial charge in [0.25, 0.3) is 5.91 Å². The SMILES string of the molecule is CCn1cc(Br)cc1C(=O)Nc1cc(Br)c(F)cc1C. The molecule has 0 aliphatic rings. The summed E-state index contributed by atoms with van der Waals surface area (Å²) < 4.78 is 16.4. The number of halogens is 3. The Kier molecular flexibility index (Phi) is 4.65. The van der Waals surface area contributed by atoms with E-state index in [1.807, 2.05) is 17.7 Å². The number of benzene rings is 1. The molecule has 6 heteroatoms. The van der Waals surface area contributed by atoms with E-state index in [2.05, 4.69) is 37.2 Å². The number of aryl methyl sites for hydroxylation is 2. The summed E-state index contributed by atoms with van der Waals surface area (Å²) in [6.07, 6.45) is 1.85. The van der Waals surface area contributed by atoms with E-state index in [0.717, 1.165) is 4.47 Å². The van der Waals surface area contributed by atoms with Crippen LogP contribution in [0, 0.1) is 12.7 Å². The van der Waals surface area contributed by atoms with Gasteiger partial charge >= 0.3 is 0 Å². The van der Waals surface area contributed by atoms with Gasteiger partial charge in [-0.25, -0.2) is 4.39 Å². The predicted molar refractivity (Wildman–Crippen MR) is 84.6 cm³/mol. The van der Waals surface area contributed by atoms with Crippen LogP contribution in [0.4, 0.5) is 10.1 Å². The summed E-state index contributed by atoms with van der Waals surface area (Å²) in [5.41, 5.74) is 1.81. The van der Waals surface area contributed by atoms with Crippen molar-refractivity contribution in [3.63, 3.8) is 0 Å². The third kappa shape index (κ3) is 3.12. The first kappa shape index (κ1) is 15.3. The third-order valence-electron chi connectivity index (χ3n) is 2.95. The molecule has 0 fully saturated rings. The van der Waals surface area contributed by atoms with Crippen LogP contribution < -0.4 is 5.32 Å². The molecule has 20 heavy (non-hydrogen) atoms. The Balaban J connectivity index is 2.30. The van der Waals surface area contributed by atoms with Crippen LogP contribution in [-0.4, -0.2) is 10.5 Å². The fraction of sp³-hybridized carbons (Fsp3) is 0.214. The van der Waals surface area contributed by atoms with Crippen LogP contribution >= 0.6 is 31.9 Å². The van der Waals surface area contributed by atoms with E-state index in [0.29, 0.717) is 28.0 Å². The highest BCUT2D eigenvalue weighted by Gasteiger charge is 2.14. The lowest BCUT2D eigenvalue weighted by molar-refractivity contribution is 0.101. The molecule has 0 aliphatic heterocycles. The van der Waals surface area contributed by atoms with E-state index in [1.165, 1.54) is 6.07 Å². The molecule has 1 N–H and O–H groups in total. The Bertz CT molecular complexity index is 667. The Hall–Kier alpha value is -1.14. The molecule has 0 bridgehead atoms. The minimum atomic E-state index is -0.347. The number of rotatable bonds is 3. The molecule has 3 nitrogen and oxygen atoms in total. The van der Waals surface area contributed by atoms with Gasteiger partial charge in [0.2, 0.25) is 0 Å². The number of carbonyl (C=O) groups is 1. The van der Waals surface area contributed by atoms with Crippen LogP contribution in [0.5, 0.6) is 0 Å². The summed E-state index contributed by atoms with van der Waals surface area (Å²) in [4.78, 5) is 12.3. The van der Waals surface area contributed by atoms with E-state index < -0.39 is 0 Å². The highest BCUT2D eigenvalue weighted by atomic mass is 79.9. The molecule has 0 unspecified atom stereocenters. The zero-order valence-electron chi connectivity index (χ0n) is 11.0. The highest BCUT2D eigenvalue weighted by molar-refractivity contribution is 9.10. The third-order valence-corrected chi connectivity index (χ3v) is 3.99. The van der Waals surface area contributed by atoms with Crippen molar-refractivity contribution >= 4 is 43.5 Å². The van der Waals surface area contributed by atoms with Gasteiger partial charge in [0, 0.05) is 22.9 Å². The van der Waals surface area contributed by atoms with Crippen molar-refractivity contribution in [3.05, 3.63) is 50.4 Å². The molecular formula is C14H13Br2FN2O. The van der Waals surface area contributed by atoms with Crippen LogP contribution in [0.25, 0.3) is 0 Å². The molecule has 1 aromatic carbocycles. The molecule has 0 saturated carbocycles. The van der Waals surface area contributed by atoms with Crippen LogP contribution in [0.3, 0.4) is 0 Å². The Labute approximate surface area is 133 Å². The summed E-state index contributed by atoms with van der Waals surface area (Å²) in [6, 6.07) is 4.71. The molecule has 2 aromatic rings. The summed E-state index contributed by atoms with van der Waals surface area (Å²) in [6.45, 7) is 4.41. The first-order valence-corrected chi connectivity index (χ1v) is 7.63. The van der Waals surface area contributed by atoms with Gasteiger partial charge in [-0.3, -0.25) is 4.79 Å². The van der Waals surface area contributed by atoms with Gasteiger partial charge in [0.1, 0.15) is 11.5 Å². The molecule has 1 amide bonds. The van der Waals surface area contributed by atoms with Crippen molar-refractivity contribution < 1.29 is 9.18 Å². The first-order chi connectivity index (χ1) is 9.42. The molecule has 1 heterocycles. The van der Waals surface area contributed by atoms with Crippen LogP contribution in [0.2, 0.25) is 0 Å². The molecule has 1 aromatic heterocycles. The molecule has 106 valence electrons. The van der Waals surface area contributed by atoms with Gasteiger partial charge in [-0.2, -0.15) is 0 Å². The summed E-state index contributed by atoms with van der Waals surface area (Å²) in [5.74, 6) is -0.570. The van der Waals surface area contributed by atoms with Crippen molar-refractivity contribution in [1.29, 1.82) is 0 Å². The molecule has 2 rings (SSSR count). The zero-order chi connectivity index (χ0) is 14.9. The second-order valence-corrected chi connectivity index (χ2v) is 6.13. The van der Waals surface area contributed by atoms with E-state index in [4.69, 9.17) is 0 Å². The number of hydrogen-bond acceptors (Lipinski definition) is 1. The Morgan fingerprint density at radius 2 is 2.05 bits per heavy atom. The van der Waals surface area contributed by atoms with Crippen molar-refractivity contribution in [1.82, 2.24) is 4.57 Å². The van der Waals surface area contributed by atoms with Gasteiger partial charge in [0.15, 0.2) is 0 Å². The topological polar surface area (TPSA) is 34.0 Å². The number of hydrogen-bond donors (Lipinski definition) is 1. The second kappa shape index (κ2) is 6.10. The zero-order valence-corrected chi connectivity index (χ0v) is 14.2. The standard InChI is InChI=1S/C14H13Br2FN2O/c1-3-19-7-9(15)5-13(19)14(20)18-12-6-10(16)11(17)4-8(12)2/h4-7H,3H2,1-2H3,(H,18,20). The van der Waals surface area contributed by atoms with Gasteiger partial charge < -0.3 is 9.88 Å². The number of nitrogens with one attached hydrogen (secondary N) is 1. The number of nitrogens with zero attached hydrogens (tertiary/aromatic N) is 1. The van der Waals surface area contributed by atoms with E-state index in [-0.39, 0.29) is 11.7 Å². The summed E-state index contributed by atoms with van der Waals surface area (Å²) >= 11 is 6.47. The van der Waals surface area contributed by atoms with E-state index in [9.17, 15) is 9.18 Å². The quantitative estimate of drug-likeness (QED) is 0.789. The van der Waals surface area contributed by atoms with Crippen molar-refractivity contribution in [2.45, 2.75) is 20.4 Å². The molecule has 0 spiro atoms. The summed E-state index contributed by atoms with van der Waals surface area (Å²) in [7, 11) is 0. The minimum absolute atomic E-state index is 0.223. The van der Waals surface area contributed by atoms with Crippen molar-refractivity contribution in [3.8, 4) is 0 Å². The normalized spacial score (nSPS) is 10.7. The van der Waals surface area contributed by atoms with Gasteiger partial charge in [-0.15, -0.1) is 0 Å². The summed E-state index contributed by atoms with van der Waals surface area (Å²) in [5, 5.41) is 2.81. The number of aromatic nitrogens is 1. The first-order valence-electron chi connectivity index (χ1n) is 6.05. The van der Waals surface area contributed by atoms with Gasteiger partial charge in [0.05, 0.1) is 4.47 Å². The maximum atomic E-state index is 13.4. The Morgan fingerprint density at radius 1 is 1.35 bits per heavy atom. The minimum Gasteiger partial charge on any atom is -0.343 e. The predicted octanol–water partition coefficient (Wildman–Crippen LogP) is 4.73. The number of carbonyl (C=O) groups excluding carboxylic acids is 1. The maximum absolute atomic E-state index is 13.4. The lowest BCUT2D eigenvalue weighted by atomic mass is 10.2. The number of amides is 1. The lowest BCUT2D eigenvalue weighted by Crippen LogP contribution is -2.17. The number of anilines is 1. The van der Waals surface area contributed by atoms with E-state index in [1.54, 1.807) is 19.1 Å². The molecule has 0 aliphatic carbocycles. The van der Waals surface area contributed by atoms with Crippen molar-refractivity contribution in [2.24, 2.45) is 0 Å². The molecule has 0 radical (unpaired) electrons. The second-order valence-electron chi connectivity index (χ2n) is 4.36. The fourth-order valence-electron chi connectivity index (χ4n) is 1.89. The largest absolute Gasteiger partial charge is 0.343 e. The highest BCUT2D eigenvalue weighted by Crippen LogP contribution is 2.25. The fourth-order valence-corrected chi connectivity index (χ4v) is 2.70.